The molecule has 1 heterocycles. The smallest absolute Gasteiger partial charge is 0.0719 e. The van der Waals surface area contributed by atoms with Gasteiger partial charge in [-0.25, -0.2) is 0 Å². The van der Waals surface area contributed by atoms with Crippen molar-refractivity contribution in [3.8, 4) is 0 Å². The van der Waals surface area contributed by atoms with Crippen LogP contribution in [0.15, 0.2) is 18.2 Å². The van der Waals surface area contributed by atoms with E-state index < -0.39 is 0 Å². The summed E-state index contributed by atoms with van der Waals surface area (Å²) in [5, 5.41) is 9.23. The molecule has 1 aromatic carbocycles. The van der Waals surface area contributed by atoms with Crippen LogP contribution in [0.2, 0.25) is 0 Å². The highest BCUT2D eigenvalue weighted by atomic mass is 16.5. The third kappa shape index (κ3) is 2.80. The first-order valence-corrected chi connectivity index (χ1v) is 5.62. The largest absolute Gasteiger partial charge is 0.393 e. The van der Waals surface area contributed by atoms with E-state index in [1.165, 1.54) is 16.7 Å². The maximum absolute atomic E-state index is 9.23. The molecule has 0 amide bonds. The summed E-state index contributed by atoms with van der Waals surface area (Å²) in [7, 11) is 0. The number of fused-ring (bicyclic) bond motifs is 1. The van der Waals surface area contributed by atoms with Crippen LogP contribution < -0.4 is 0 Å². The highest BCUT2D eigenvalue weighted by Gasteiger charge is 2.09. The van der Waals surface area contributed by atoms with E-state index in [4.69, 9.17) is 4.74 Å². The van der Waals surface area contributed by atoms with Gasteiger partial charge in [0.2, 0.25) is 0 Å². The summed E-state index contributed by atoms with van der Waals surface area (Å²) in [6.07, 6.45) is 2.63. The molecule has 1 unspecified atom stereocenters. The molecular formula is C13H18O2. The number of benzene rings is 1. The molecule has 0 fully saturated rings. The Bertz CT molecular complexity index is 331. The number of aliphatic hydroxyl groups is 1. The van der Waals surface area contributed by atoms with Crippen LogP contribution >= 0.6 is 0 Å². The van der Waals surface area contributed by atoms with Crippen molar-refractivity contribution in [2.45, 2.75) is 38.9 Å². The molecule has 1 aliphatic rings. The molecule has 1 atom stereocenters. The van der Waals surface area contributed by atoms with Crippen LogP contribution in [0, 0.1) is 0 Å². The molecule has 0 aliphatic carbocycles. The zero-order chi connectivity index (χ0) is 10.7. The second kappa shape index (κ2) is 4.77. The van der Waals surface area contributed by atoms with E-state index in [0.29, 0.717) is 0 Å². The lowest BCUT2D eigenvalue weighted by Gasteiger charge is -2.17. The van der Waals surface area contributed by atoms with Crippen molar-refractivity contribution in [1.29, 1.82) is 0 Å². The Hall–Kier alpha value is -0.860. The van der Waals surface area contributed by atoms with Gasteiger partial charge >= 0.3 is 0 Å². The Morgan fingerprint density at radius 1 is 1.40 bits per heavy atom. The van der Waals surface area contributed by atoms with Crippen LogP contribution in [0.5, 0.6) is 0 Å². The van der Waals surface area contributed by atoms with E-state index in [1.807, 2.05) is 6.92 Å². The molecule has 2 rings (SSSR count). The molecule has 82 valence electrons. The van der Waals surface area contributed by atoms with Crippen LogP contribution in [0.3, 0.4) is 0 Å². The molecule has 15 heavy (non-hydrogen) atoms. The Balaban J connectivity index is 2.07. The average Bonchev–Trinajstić information content (AvgIpc) is 2.26. The first-order valence-electron chi connectivity index (χ1n) is 5.62. The Kier molecular flexibility index (Phi) is 3.39. The Labute approximate surface area is 90.9 Å². The molecule has 0 spiro atoms. The molecule has 0 saturated heterocycles. The average molecular weight is 206 g/mol. The summed E-state index contributed by atoms with van der Waals surface area (Å²) >= 11 is 0. The monoisotopic (exact) mass is 206 g/mol. The fourth-order valence-corrected chi connectivity index (χ4v) is 1.95. The van der Waals surface area contributed by atoms with Gasteiger partial charge in [0, 0.05) is 0 Å². The summed E-state index contributed by atoms with van der Waals surface area (Å²) in [6, 6.07) is 6.57. The van der Waals surface area contributed by atoms with Crippen LogP contribution in [0.4, 0.5) is 0 Å². The molecule has 1 aliphatic heterocycles. The predicted octanol–water partition coefficient (Wildman–Crippen LogP) is 2.07. The number of ether oxygens (including phenoxy) is 1. The van der Waals surface area contributed by atoms with E-state index in [9.17, 15) is 5.11 Å². The number of hydrogen-bond donors (Lipinski definition) is 1. The van der Waals surface area contributed by atoms with Crippen molar-refractivity contribution in [2.24, 2.45) is 0 Å². The van der Waals surface area contributed by atoms with Crippen LogP contribution in [-0.4, -0.2) is 17.8 Å². The second-order valence-corrected chi connectivity index (χ2v) is 4.29. The van der Waals surface area contributed by atoms with Gasteiger partial charge < -0.3 is 9.84 Å². The normalized spacial score (nSPS) is 17.2. The lowest BCUT2D eigenvalue weighted by Crippen LogP contribution is -2.10. The van der Waals surface area contributed by atoms with Gasteiger partial charge in [0.1, 0.15) is 0 Å². The van der Waals surface area contributed by atoms with Gasteiger partial charge in [-0.2, -0.15) is 0 Å². The van der Waals surface area contributed by atoms with Crippen LogP contribution in [-0.2, 0) is 24.2 Å². The quantitative estimate of drug-likeness (QED) is 0.820. The summed E-state index contributed by atoms with van der Waals surface area (Å²) in [5.74, 6) is 0. The molecule has 0 radical (unpaired) electrons. The topological polar surface area (TPSA) is 29.5 Å². The third-order valence-electron chi connectivity index (χ3n) is 2.89. The van der Waals surface area contributed by atoms with Crippen molar-refractivity contribution in [1.82, 2.24) is 0 Å². The Morgan fingerprint density at radius 2 is 2.27 bits per heavy atom. The summed E-state index contributed by atoms with van der Waals surface area (Å²) < 4.78 is 5.39. The van der Waals surface area contributed by atoms with Gasteiger partial charge in [0.05, 0.1) is 19.3 Å². The van der Waals surface area contributed by atoms with E-state index >= 15 is 0 Å². The van der Waals surface area contributed by atoms with Gasteiger partial charge in [-0.15, -0.1) is 0 Å². The lowest BCUT2D eigenvalue weighted by atomic mass is 9.98. The van der Waals surface area contributed by atoms with E-state index in [1.54, 1.807) is 0 Å². The zero-order valence-electron chi connectivity index (χ0n) is 9.20. The number of aliphatic hydroxyl groups excluding tert-OH is 1. The fraction of sp³-hybridized carbons (Fsp3) is 0.538. The van der Waals surface area contributed by atoms with Gasteiger partial charge in [-0.3, -0.25) is 0 Å². The summed E-state index contributed by atoms with van der Waals surface area (Å²) in [5.41, 5.74) is 4.07. The number of rotatable bonds is 3. The van der Waals surface area contributed by atoms with E-state index in [0.717, 1.165) is 32.5 Å². The number of aryl methyl sites for hydroxylation is 1. The molecule has 2 heteroatoms. The molecule has 1 N–H and O–H groups in total. The first kappa shape index (κ1) is 10.7. The van der Waals surface area contributed by atoms with Gasteiger partial charge in [-0.05, 0) is 42.9 Å². The third-order valence-corrected chi connectivity index (χ3v) is 2.89. The highest BCUT2D eigenvalue weighted by Crippen LogP contribution is 2.19. The minimum Gasteiger partial charge on any atom is -0.393 e. The van der Waals surface area contributed by atoms with Gasteiger partial charge in [0.15, 0.2) is 0 Å². The molecule has 1 aromatic rings. The van der Waals surface area contributed by atoms with Crippen molar-refractivity contribution in [3.63, 3.8) is 0 Å². The van der Waals surface area contributed by atoms with Crippen LogP contribution in [0.1, 0.15) is 30.0 Å². The summed E-state index contributed by atoms with van der Waals surface area (Å²) in [4.78, 5) is 0. The second-order valence-electron chi connectivity index (χ2n) is 4.29. The molecule has 0 aromatic heterocycles. The highest BCUT2D eigenvalue weighted by molar-refractivity contribution is 5.33. The SMILES string of the molecule is CC(O)CCc1ccc2c(c1)CCOC2. The summed E-state index contributed by atoms with van der Waals surface area (Å²) in [6.45, 7) is 3.44. The fourth-order valence-electron chi connectivity index (χ4n) is 1.95. The number of hydrogen-bond acceptors (Lipinski definition) is 2. The van der Waals surface area contributed by atoms with Crippen molar-refractivity contribution < 1.29 is 9.84 Å². The standard InChI is InChI=1S/C13H18O2/c1-10(14)2-3-11-4-5-13-9-15-7-6-12(13)8-11/h4-5,8,10,14H,2-3,6-7,9H2,1H3. The van der Waals surface area contributed by atoms with E-state index in [-0.39, 0.29) is 6.10 Å². The minimum atomic E-state index is -0.204. The minimum absolute atomic E-state index is 0.204. The van der Waals surface area contributed by atoms with Gasteiger partial charge in [0.25, 0.3) is 0 Å². The molecular weight excluding hydrogens is 188 g/mol. The maximum atomic E-state index is 9.23. The predicted molar refractivity (Wildman–Crippen MR) is 59.8 cm³/mol. The van der Waals surface area contributed by atoms with E-state index in [2.05, 4.69) is 18.2 Å². The molecule has 0 saturated carbocycles. The van der Waals surface area contributed by atoms with Crippen LogP contribution in [0.25, 0.3) is 0 Å². The lowest BCUT2D eigenvalue weighted by molar-refractivity contribution is 0.110. The Morgan fingerprint density at radius 3 is 3.07 bits per heavy atom. The van der Waals surface area contributed by atoms with Gasteiger partial charge in [-0.1, -0.05) is 18.2 Å². The van der Waals surface area contributed by atoms with Crippen molar-refractivity contribution in [2.75, 3.05) is 6.61 Å². The van der Waals surface area contributed by atoms with Crippen molar-refractivity contribution >= 4 is 0 Å². The zero-order valence-corrected chi connectivity index (χ0v) is 9.20. The van der Waals surface area contributed by atoms with Crippen molar-refractivity contribution in [3.05, 3.63) is 34.9 Å². The molecule has 0 bridgehead atoms. The maximum Gasteiger partial charge on any atom is 0.0719 e. The first-order chi connectivity index (χ1) is 7.25. The molecule has 2 nitrogen and oxygen atoms in total.